The smallest absolute Gasteiger partial charge is 0.124 e. The van der Waals surface area contributed by atoms with Crippen molar-refractivity contribution in [1.82, 2.24) is 0 Å². The van der Waals surface area contributed by atoms with Gasteiger partial charge in [0.25, 0.3) is 0 Å². The highest BCUT2D eigenvalue weighted by atomic mass is 16.5. The number of nitrogens with one attached hydrogen (secondary N) is 1. The summed E-state index contributed by atoms with van der Waals surface area (Å²) in [4.78, 5) is 0. The average molecular weight is 325 g/mol. The van der Waals surface area contributed by atoms with E-state index in [1.54, 1.807) is 14.2 Å². The first-order valence-corrected chi connectivity index (χ1v) is 8.42. The van der Waals surface area contributed by atoms with E-state index in [4.69, 9.17) is 14.2 Å². The zero-order chi connectivity index (χ0) is 16.7. The number of fused-ring (bicyclic) bond motifs is 3. The van der Waals surface area contributed by atoms with Crippen LogP contribution in [0.2, 0.25) is 0 Å². The molecule has 0 bridgehead atoms. The molecule has 0 radical (unpaired) electrons. The molecule has 2 aromatic carbocycles. The third kappa shape index (κ3) is 2.42. The molecule has 2 aliphatic heterocycles. The first-order valence-electron chi connectivity index (χ1n) is 8.42. The molecule has 126 valence electrons. The van der Waals surface area contributed by atoms with Gasteiger partial charge in [0.15, 0.2) is 0 Å². The Morgan fingerprint density at radius 2 is 1.92 bits per heavy atom. The molecule has 2 heterocycles. The van der Waals surface area contributed by atoms with Crippen LogP contribution in [-0.4, -0.2) is 20.8 Å². The summed E-state index contributed by atoms with van der Waals surface area (Å²) in [5, 5.41) is 3.72. The monoisotopic (exact) mass is 325 g/mol. The zero-order valence-corrected chi connectivity index (χ0v) is 14.3. The van der Waals surface area contributed by atoms with Gasteiger partial charge in [-0.3, -0.25) is 0 Å². The summed E-state index contributed by atoms with van der Waals surface area (Å²) in [6.07, 6.45) is 1.18. The van der Waals surface area contributed by atoms with E-state index in [1.165, 1.54) is 11.1 Å². The first kappa shape index (κ1) is 15.3. The summed E-state index contributed by atoms with van der Waals surface area (Å²) >= 11 is 0. The van der Waals surface area contributed by atoms with E-state index in [2.05, 4.69) is 36.5 Å². The van der Waals surface area contributed by atoms with Crippen LogP contribution in [0, 0.1) is 12.8 Å². The SMILES string of the molecule is COc1ccc(OC)c([C@@H]2Nc3ccc(C)cc3[C@H]3OCC[C@H]32)c1. The predicted molar refractivity (Wildman–Crippen MR) is 93.9 cm³/mol. The Bertz CT molecular complexity index is 759. The Hall–Kier alpha value is -2.20. The molecule has 3 atom stereocenters. The molecular weight excluding hydrogens is 302 g/mol. The summed E-state index contributed by atoms with van der Waals surface area (Å²) in [5.74, 6) is 2.12. The largest absolute Gasteiger partial charge is 0.497 e. The molecule has 24 heavy (non-hydrogen) atoms. The van der Waals surface area contributed by atoms with E-state index < -0.39 is 0 Å². The summed E-state index contributed by atoms with van der Waals surface area (Å²) in [7, 11) is 3.41. The second-order valence-corrected chi connectivity index (χ2v) is 6.56. The number of aryl methyl sites for hydroxylation is 1. The fourth-order valence-corrected chi connectivity index (χ4v) is 3.98. The van der Waals surface area contributed by atoms with Crippen molar-refractivity contribution in [3.05, 3.63) is 53.1 Å². The van der Waals surface area contributed by atoms with Crippen LogP contribution in [0.3, 0.4) is 0 Å². The van der Waals surface area contributed by atoms with Gasteiger partial charge in [-0.2, -0.15) is 0 Å². The molecule has 0 aliphatic carbocycles. The Balaban J connectivity index is 1.81. The van der Waals surface area contributed by atoms with Gasteiger partial charge in [-0.1, -0.05) is 17.7 Å². The third-order valence-corrected chi connectivity index (χ3v) is 5.16. The number of hydrogen-bond donors (Lipinski definition) is 1. The maximum Gasteiger partial charge on any atom is 0.124 e. The third-order valence-electron chi connectivity index (χ3n) is 5.16. The van der Waals surface area contributed by atoms with Crippen molar-refractivity contribution in [3.8, 4) is 11.5 Å². The molecule has 1 fully saturated rings. The fraction of sp³-hybridized carbons (Fsp3) is 0.400. The lowest BCUT2D eigenvalue weighted by Crippen LogP contribution is -2.29. The molecule has 0 aromatic heterocycles. The number of ether oxygens (including phenoxy) is 3. The molecule has 4 heteroatoms. The van der Waals surface area contributed by atoms with Gasteiger partial charge < -0.3 is 19.5 Å². The topological polar surface area (TPSA) is 39.7 Å². The van der Waals surface area contributed by atoms with Crippen LogP contribution in [0.4, 0.5) is 5.69 Å². The van der Waals surface area contributed by atoms with Crippen LogP contribution in [0.1, 0.15) is 35.3 Å². The molecule has 4 rings (SSSR count). The van der Waals surface area contributed by atoms with Gasteiger partial charge in [0.1, 0.15) is 11.5 Å². The van der Waals surface area contributed by atoms with Crippen molar-refractivity contribution in [2.24, 2.45) is 5.92 Å². The molecule has 2 aromatic rings. The van der Waals surface area contributed by atoms with Gasteiger partial charge in [-0.05, 0) is 37.6 Å². The molecule has 2 aliphatic rings. The van der Waals surface area contributed by atoms with Gasteiger partial charge in [-0.25, -0.2) is 0 Å². The lowest BCUT2D eigenvalue weighted by Gasteiger charge is -2.37. The van der Waals surface area contributed by atoms with E-state index in [-0.39, 0.29) is 12.1 Å². The summed E-state index contributed by atoms with van der Waals surface area (Å²) in [6, 6.07) is 12.7. The van der Waals surface area contributed by atoms with Gasteiger partial charge >= 0.3 is 0 Å². The van der Waals surface area contributed by atoms with Crippen molar-refractivity contribution >= 4 is 5.69 Å². The maximum absolute atomic E-state index is 6.11. The van der Waals surface area contributed by atoms with Crippen molar-refractivity contribution < 1.29 is 14.2 Å². The standard InChI is InChI=1S/C20H23NO3/c1-12-4-6-17-15(10-12)20-14(8-9-24-20)19(21-17)16-11-13(22-2)5-7-18(16)23-3/h4-7,10-11,14,19-21H,8-9H2,1-3H3/t14-,19+,20-/m0/s1. The minimum absolute atomic E-state index is 0.141. The molecule has 4 nitrogen and oxygen atoms in total. The minimum Gasteiger partial charge on any atom is -0.497 e. The van der Waals surface area contributed by atoms with Gasteiger partial charge in [0.05, 0.1) is 26.4 Å². The first-order chi connectivity index (χ1) is 11.7. The van der Waals surface area contributed by atoms with Gasteiger partial charge in [0, 0.05) is 29.3 Å². The molecule has 0 spiro atoms. The number of hydrogen-bond acceptors (Lipinski definition) is 4. The predicted octanol–water partition coefficient (Wildman–Crippen LogP) is 4.26. The van der Waals surface area contributed by atoms with E-state index in [9.17, 15) is 0 Å². The molecular formula is C20H23NO3. The normalized spacial score (nSPS) is 24.7. The number of methoxy groups -OCH3 is 2. The van der Waals surface area contributed by atoms with E-state index in [0.29, 0.717) is 5.92 Å². The second-order valence-electron chi connectivity index (χ2n) is 6.56. The second kappa shape index (κ2) is 6.02. The van der Waals surface area contributed by atoms with Crippen LogP contribution >= 0.6 is 0 Å². The van der Waals surface area contributed by atoms with Crippen LogP contribution in [0.25, 0.3) is 0 Å². The van der Waals surface area contributed by atoms with Crippen LogP contribution in [0.15, 0.2) is 36.4 Å². The van der Waals surface area contributed by atoms with Crippen molar-refractivity contribution in [3.63, 3.8) is 0 Å². The number of anilines is 1. The molecule has 0 saturated carbocycles. The summed E-state index contributed by atoms with van der Waals surface area (Å²) in [5.41, 5.74) is 4.82. The Kier molecular flexibility index (Phi) is 3.85. The van der Waals surface area contributed by atoms with Crippen molar-refractivity contribution in [2.45, 2.75) is 25.5 Å². The minimum atomic E-state index is 0.141. The Morgan fingerprint density at radius 3 is 2.71 bits per heavy atom. The Morgan fingerprint density at radius 1 is 1.04 bits per heavy atom. The van der Waals surface area contributed by atoms with Crippen LogP contribution in [0.5, 0.6) is 11.5 Å². The molecule has 1 saturated heterocycles. The van der Waals surface area contributed by atoms with Crippen LogP contribution in [-0.2, 0) is 4.74 Å². The highest BCUT2D eigenvalue weighted by molar-refractivity contribution is 5.59. The molecule has 1 N–H and O–H groups in total. The van der Waals surface area contributed by atoms with Gasteiger partial charge in [0.2, 0.25) is 0 Å². The van der Waals surface area contributed by atoms with Crippen LogP contribution < -0.4 is 14.8 Å². The average Bonchev–Trinajstić information content (AvgIpc) is 3.10. The van der Waals surface area contributed by atoms with Crippen molar-refractivity contribution in [1.29, 1.82) is 0 Å². The lowest BCUT2D eigenvalue weighted by molar-refractivity contribution is 0.0826. The summed E-state index contributed by atoms with van der Waals surface area (Å²) < 4.78 is 17.2. The quantitative estimate of drug-likeness (QED) is 0.915. The molecule has 0 amide bonds. The fourth-order valence-electron chi connectivity index (χ4n) is 3.98. The van der Waals surface area contributed by atoms with E-state index >= 15 is 0 Å². The van der Waals surface area contributed by atoms with Gasteiger partial charge in [-0.15, -0.1) is 0 Å². The summed E-state index contributed by atoms with van der Waals surface area (Å²) in [6.45, 7) is 2.93. The highest BCUT2D eigenvalue weighted by Gasteiger charge is 2.42. The lowest BCUT2D eigenvalue weighted by atomic mass is 9.80. The maximum atomic E-state index is 6.11. The Labute approximate surface area is 142 Å². The molecule has 0 unspecified atom stereocenters. The number of rotatable bonds is 3. The highest BCUT2D eigenvalue weighted by Crippen LogP contribution is 2.51. The van der Waals surface area contributed by atoms with Crippen molar-refractivity contribution in [2.75, 3.05) is 26.1 Å². The zero-order valence-electron chi connectivity index (χ0n) is 14.3. The van der Waals surface area contributed by atoms with E-state index in [0.717, 1.165) is 35.8 Å². The number of benzene rings is 2. The van der Waals surface area contributed by atoms with E-state index in [1.807, 2.05) is 12.1 Å².